The lowest BCUT2D eigenvalue weighted by atomic mass is 10.1. The molecule has 0 saturated heterocycles. The molecule has 218 valence electrons. The molecule has 1 unspecified atom stereocenters. The van der Waals surface area contributed by atoms with Gasteiger partial charge in [-0.15, -0.1) is 0 Å². The molecule has 0 saturated carbocycles. The first kappa shape index (κ1) is 30.9. The zero-order valence-electron chi connectivity index (χ0n) is 23.9. The quantitative estimate of drug-likeness (QED) is 0.236. The Hall–Kier alpha value is -4.60. The van der Waals surface area contributed by atoms with Gasteiger partial charge < -0.3 is 28.7 Å². The van der Waals surface area contributed by atoms with Crippen molar-refractivity contribution in [3.05, 3.63) is 77.6 Å². The average molecular weight is 566 g/mol. The fourth-order valence-electron chi connectivity index (χ4n) is 3.71. The van der Waals surface area contributed by atoms with E-state index in [1.165, 1.54) is 12.1 Å². The number of benzene rings is 2. The molecule has 3 aromatic rings. The van der Waals surface area contributed by atoms with E-state index in [1.807, 2.05) is 18.2 Å². The minimum absolute atomic E-state index is 0.0293. The van der Waals surface area contributed by atoms with E-state index in [1.54, 1.807) is 65.0 Å². The largest absolute Gasteiger partial charge is 0.493 e. The van der Waals surface area contributed by atoms with Crippen molar-refractivity contribution in [2.75, 3.05) is 13.2 Å². The molecule has 1 N–H and O–H groups in total. The fraction of sp³-hybridized carbons (Fsp3) is 0.355. The third-order valence-electron chi connectivity index (χ3n) is 5.51. The average Bonchev–Trinajstić information content (AvgIpc) is 3.42. The predicted octanol–water partition coefficient (Wildman–Crippen LogP) is 5.10. The molecule has 0 radical (unpaired) electrons. The van der Waals surface area contributed by atoms with Gasteiger partial charge in [0.15, 0.2) is 0 Å². The number of carbonyl (C=O) groups excluding carboxylic acids is 4. The Bertz CT molecular complexity index is 1360. The molecule has 1 atom stereocenters. The molecule has 2 aromatic carbocycles. The number of rotatable bonds is 12. The number of nitrogens with one attached hydrogen (secondary N) is 1. The van der Waals surface area contributed by atoms with Gasteiger partial charge in [-0.25, -0.2) is 9.59 Å². The third-order valence-corrected chi connectivity index (χ3v) is 5.51. The number of hydrogen-bond acceptors (Lipinski definition) is 9. The Balaban J connectivity index is 1.76. The lowest BCUT2D eigenvalue weighted by molar-refractivity contribution is -0.152. The number of carbonyl (C=O) groups is 4. The summed E-state index contributed by atoms with van der Waals surface area (Å²) >= 11 is 0. The molecule has 10 heteroatoms. The van der Waals surface area contributed by atoms with E-state index in [-0.39, 0.29) is 36.9 Å². The summed E-state index contributed by atoms with van der Waals surface area (Å²) in [7, 11) is 0. The van der Waals surface area contributed by atoms with Crippen molar-refractivity contribution >= 4 is 23.8 Å². The van der Waals surface area contributed by atoms with Gasteiger partial charge in [0.25, 0.3) is 5.91 Å². The van der Waals surface area contributed by atoms with E-state index in [4.69, 9.17) is 23.4 Å². The highest BCUT2D eigenvalue weighted by atomic mass is 16.6. The zero-order valence-corrected chi connectivity index (χ0v) is 23.9. The van der Waals surface area contributed by atoms with Crippen molar-refractivity contribution < 1.29 is 42.5 Å². The highest BCUT2D eigenvalue weighted by Crippen LogP contribution is 2.30. The van der Waals surface area contributed by atoms with Gasteiger partial charge in [0.1, 0.15) is 29.8 Å². The van der Waals surface area contributed by atoms with E-state index in [0.717, 1.165) is 5.56 Å². The maximum atomic E-state index is 13.3. The number of hydrogen-bond donors (Lipinski definition) is 1. The summed E-state index contributed by atoms with van der Waals surface area (Å²) < 4.78 is 27.1. The van der Waals surface area contributed by atoms with Crippen LogP contribution in [-0.4, -0.2) is 48.7 Å². The first-order chi connectivity index (χ1) is 19.5. The molecule has 0 bridgehead atoms. The third kappa shape index (κ3) is 9.23. The van der Waals surface area contributed by atoms with Crippen LogP contribution >= 0.6 is 0 Å². The molecule has 0 aliphatic heterocycles. The molecule has 1 heterocycles. The summed E-state index contributed by atoms with van der Waals surface area (Å²) in [6, 6.07) is 15.6. The molecule has 0 aliphatic carbocycles. The van der Waals surface area contributed by atoms with E-state index in [9.17, 15) is 19.2 Å². The van der Waals surface area contributed by atoms with Crippen molar-refractivity contribution in [2.45, 2.75) is 59.3 Å². The molecule has 1 amide bonds. The van der Waals surface area contributed by atoms with Crippen molar-refractivity contribution in [2.24, 2.45) is 0 Å². The SMILES string of the molecule is CCOC(=O)C(CC(=O)OCc1ccccc1)NC(=O)c1ccc(-c2ccc(C(=O)OC(C)(C)C)o2)cc1OCC. The summed E-state index contributed by atoms with van der Waals surface area (Å²) in [6.07, 6.45) is -0.417. The maximum absolute atomic E-state index is 13.3. The van der Waals surface area contributed by atoms with Crippen LogP contribution in [0.3, 0.4) is 0 Å². The second kappa shape index (κ2) is 14.2. The van der Waals surface area contributed by atoms with Crippen LogP contribution in [0.4, 0.5) is 0 Å². The summed E-state index contributed by atoms with van der Waals surface area (Å²) in [5.41, 5.74) is 0.780. The molecule has 0 spiro atoms. The van der Waals surface area contributed by atoms with Crippen LogP contribution in [0.15, 0.2) is 65.1 Å². The Kier molecular flexibility index (Phi) is 10.7. The Labute approximate surface area is 238 Å². The van der Waals surface area contributed by atoms with Crippen LogP contribution in [0.5, 0.6) is 5.75 Å². The Morgan fingerprint density at radius 3 is 2.29 bits per heavy atom. The van der Waals surface area contributed by atoms with Crippen molar-refractivity contribution in [1.29, 1.82) is 0 Å². The molecular formula is C31H35NO9. The van der Waals surface area contributed by atoms with E-state index in [2.05, 4.69) is 5.32 Å². The standard InChI is InChI=1S/C31H35NO9/c1-6-37-26-17-21(24-15-16-25(40-24)30(36)41-31(3,4)5)13-14-22(26)28(34)32-23(29(35)38-7-2)18-27(33)39-19-20-11-9-8-10-12-20/h8-17,23H,6-7,18-19H2,1-5H3,(H,32,34). The molecule has 10 nitrogen and oxygen atoms in total. The number of esters is 3. The second-order valence-corrected chi connectivity index (χ2v) is 9.94. The smallest absolute Gasteiger partial charge is 0.374 e. The van der Waals surface area contributed by atoms with Gasteiger partial charge in [-0.1, -0.05) is 36.4 Å². The number of ether oxygens (including phenoxy) is 4. The summed E-state index contributed by atoms with van der Waals surface area (Å²) in [6.45, 7) is 9.00. The minimum Gasteiger partial charge on any atom is -0.493 e. The van der Waals surface area contributed by atoms with E-state index >= 15 is 0 Å². The molecule has 0 fully saturated rings. The van der Waals surface area contributed by atoms with Crippen LogP contribution in [-0.2, 0) is 30.4 Å². The van der Waals surface area contributed by atoms with Crippen molar-refractivity contribution in [1.82, 2.24) is 5.32 Å². The van der Waals surface area contributed by atoms with Gasteiger partial charge in [0.05, 0.1) is 25.2 Å². The van der Waals surface area contributed by atoms with Crippen molar-refractivity contribution in [3.8, 4) is 17.1 Å². The molecular weight excluding hydrogens is 530 g/mol. The maximum Gasteiger partial charge on any atom is 0.374 e. The predicted molar refractivity (Wildman–Crippen MR) is 149 cm³/mol. The molecule has 3 rings (SSSR count). The highest BCUT2D eigenvalue weighted by molar-refractivity contribution is 6.00. The van der Waals surface area contributed by atoms with Crippen LogP contribution in [0.25, 0.3) is 11.3 Å². The lowest BCUT2D eigenvalue weighted by Gasteiger charge is -2.18. The van der Waals surface area contributed by atoms with Gasteiger partial charge in [-0.05, 0) is 64.4 Å². The molecule has 0 aliphatic rings. The molecule has 1 aromatic heterocycles. The Morgan fingerprint density at radius 2 is 1.63 bits per heavy atom. The number of furan rings is 1. The second-order valence-electron chi connectivity index (χ2n) is 9.94. The minimum atomic E-state index is -1.28. The van der Waals surface area contributed by atoms with Gasteiger partial charge in [-0.3, -0.25) is 9.59 Å². The topological polar surface area (TPSA) is 130 Å². The van der Waals surface area contributed by atoms with Crippen LogP contribution < -0.4 is 10.1 Å². The van der Waals surface area contributed by atoms with Crippen LogP contribution in [0, 0.1) is 0 Å². The van der Waals surface area contributed by atoms with Crippen LogP contribution in [0.2, 0.25) is 0 Å². The summed E-state index contributed by atoms with van der Waals surface area (Å²) in [5, 5.41) is 2.57. The van der Waals surface area contributed by atoms with E-state index < -0.39 is 41.9 Å². The fourth-order valence-corrected chi connectivity index (χ4v) is 3.71. The van der Waals surface area contributed by atoms with Crippen LogP contribution in [0.1, 0.15) is 67.5 Å². The van der Waals surface area contributed by atoms with Gasteiger partial charge in [-0.2, -0.15) is 0 Å². The first-order valence-electron chi connectivity index (χ1n) is 13.3. The normalized spacial score (nSPS) is 11.7. The van der Waals surface area contributed by atoms with Gasteiger partial charge in [0.2, 0.25) is 5.76 Å². The zero-order chi connectivity index (χ0) is 30.0. The summed E-state index contributed by atoms with van der Waals surface area (Å²) in [4.78, 5) is 50.7. The van der Waals surface area contributed by atoms with E-state index in [0.29, 0.717) is 11.3 Å². The van der Waals surface area contributed by atoms with Crippen molar-refractivity contribution in [3.63, 3.8) is 0 Å². The van der Waals surface area contributed by atoms with Gasteiger partial charge in [0, 0.05) is 5.56 Å². The highest BCUT2D eigenvalue weighted by Gasteiger charge is 2.28. The van der Waals surface area contributed by atoms with Gasteiger partial charge >= 0.3 is 17.9 Å². The summed E-state index contributed by atoms with van der Waals surface area (Å²) in [5.74, 6) is -2.08. The lowest BCUT2D eigenvalue weighted by Crippen LogP contribution is -2.43. The number of amides is 1. The Morgan fingerprint density at radius 1 is 0.902 bits per heavy atom. The first-order valence-corrected chi connectivity index (χ1v) is 13.3. The molecule has 41 heavy (non-hydrogen) atoms. The monoisotopic (exact) mass is 565 g/mol.